The number of hydrogen-bond donors (Lipinski definition) is 2. The zero-order valence-corrected chi connectivity index (χ0v) is 12.7. The lowest BCUT2D eigenvalue weighted by atomic mass is 10.1. The number of rotatable bonds is 2. The zero-order valence-electron chi connectivity index (χ0n) is 12.7. The van der Waals surface area contributed by atoms with Gasteiger partial charge in [-0.15, -0.1) is 0 Å². The van der Waals surface area contributed by atoms with Crippen LogP contribution in [-0.4, -0.2) is 58.2 Å². The summed E-state index contributed by atoms with van der Waals surface area (Å²) < 4.78 is 15.5. The SMILES string of the molecule is CN1C(=O)C2C(=NC(NN)=[N+]2Cc2ccccc2F)N(C)C1=O. The molecule has 1 aromatic rings. The van der Waals surface area contributed by atoms with Crippen molar-refractivity contribution in [3.8, 4) is 0 Å². The van der Waals surface area contributed by atoms with Gasteiger partial charge in [0.2, 0.25) is 11.9 Å². The largest absolute Gasteiger partial charge is 0.407 e. The van der Waals surface area contributed by atoms with Gasteiger partial charge in [-0.3, -0.25) is 14.6 Å². The summed E-state index contributed by atoms with van der Waals surface area (Å²) in [4.78, 5) is 31.0. The standard InChI is InChI=1S/C14H15FN6O2/c1-19-11-10(12(22)20(2)14(19)23)21(13(17-11)18-16)7-8-5-3-4-6-9(8)15/h3-6,10H,7,16H2,1-2H3/p+1. The molecule has 1 atom stereocenters. The molecule has 0 aromatic heterocycles. The number of urea groups is 1. The predicted octanol–water partition coefficient (Wildman–Crippen LogP) is -0.538. The number of imide groups is 1. The van der Waals surface area contributed by atoms with Crippen LogP contribution < -0.4 is 11.3 Å². The Morgan fingerprint density at radius 1 is 1.30 bits per heavy atom. The van der Waals surface area contributed by atoms with E-state index >= 15 is 0 Å². The van der Waals surface area contributed by atoms with Gasteiger partial charge in [0.05, 0.1) is 6.54 Å². The molecule has 3 N–H and O–H groups in total. The quantitative estimate of drug-likeness (QED) is 0.435. The average Bonchev–Trinajstić information content (AvgIpc) is 2.91. The number of halogens is 1. The van der Waals surface area contributed by atoms with Crippen LogP contribution in [0.5, 0.6) is 0 Å². The molecule has 0 bridgehead atoms. The number of hydrazine groups is 1. The molecule has 1 saturated heterocycles. The van der Waals surface area contributed by atoms with Crippen LogP contribution in [0.4, 0.5) is 9.18 Å². The Morgan fingerprint density at radius 3 is 2.65 bits per heavy atom. The lowest BCUT2D eigenvalue weighted by molar-refractivity contribution is -0.553. The second kappa shape index (κ2) is 5.43. The molecule has 0 radical (unpaired) electrons. The number of hydrogen-bond acceptors (Lipinski definition) is 5. The lowest BCUT2D eigenvalue weighted by Crippen LogP contribution is -2.61. The minimum atomic E-state index is -0.826. The molecule has 0 spiro atoms. The first-order valence-corrected chi connectivity index (χ1v) is 6.93. The minimum absolute atomic E-state index is 0.0888. The van der Waals surface area contributed by atoms with E-state index in [9.17, 15) is 14.0 Å². The van der Waals surface area contributed by atoms with Crippen molar-refractivity contribution in [1.82, 2.24) is 15.2 Å². The van der Waals surface area contributed by atoms with Gasteiger partial charge in [0.1, 0.15) is 5.82 Å². The normalized spacial score (nSPS) is 20.9. The van der Waals surface area contributed by atoms with Crippen molar-refractivity contribution in [2.45, 2.75) is 12.6 Å². The van der Waals surface area contributed by atoms with E-state index in [1.54, 1.807) is 18.2 Å². The smallest absolute Gasteiger partial charge is 0.270 e. The molecule has 23 heavy (non-hydrogen) atoms. The Balaban J connectivity index is 2.02. The maximum Gasteiger partial charge on any atom is 0.407 e. The van der Waals surface area contributed by atoms with Crippen molar-refractivity contribution >= 4 is 23.7 Å². The van der Waals surface area contributed by atoms with Gasteiger partial charge in [0.25, 0.3) is 5.91 Å². The average molecular weight is 319 g/mol. The van der Waals surface area contributed by atoms with Crippen LogP contribution in [0.15, 0.2) is 29.3 Å². The van der Waals surface area contributed by atoms with E-state index in [1.165, 1.54) is 29.6 Å². The van der Waals surface area contributed by atoms with E-state index in [1.807, 2.05) is 0 Å². The summed E-state index contributed by atoms with van der Waals surface area (Å²) in [6.07, 6.45) is 0. The van der Waals surface area contributed by atoms with Crippen LogP contribution in [0, 0.1) is 5.82 Å². The summed E-state index contributed by atoms with van der Waals surface area (Å²) in [5, 5.41) is 0. The summed E-state index contributed by atoms with van der Waals surface area (Å²) in [6.45, 7) is 0.0888. The first-order valence-electron chi connectivity index (χ1n) is 6.93. The Labute approximate surface area is 131 Å². The number of carbonyl (C=O) groups excluding carboxylic acids is 2. The number of nitrogens with zero attached hydrogens (tertiary/aromatic N) is 4. The third kappa shape index (κ3) is 2.25. The molecule has 2 heterocycles. The van der Waals surface area contributed by atoms with Crippen molar-refractivity contribution < 1.29 is 18.6 Å². The first-order chi connectivity index (χ1) is 11.0. The van der Waals surface area contributed by atoms with Crippen molar-refractivity contribution in [3.63, 3.8) is 0 Å². The van der Waals surface area contributed by atoms with Gasteiger partial charge in [-0.05, 0) is 6.07 Å². The molecular formula is C14H16FN6O2+. The van der Waals surface area contributed by atoms with Crippen LogP contribution in [0.25, 0.3) is 0 Å². The van der Waals surface area contributed by atoms with Crippen LogP contribution in [0.1, 0.15) is 5.56 Å². The second-order valence-corrected chi connectivity index (χ2v) is 5.30. The van der Waals surface area contributed by atoms with E-state index < -0.39 is 23.8 Å². The first kappa shape index (κ1) is 15.1. The fraction of sp³-hybridized carbons (Fsp3) is 0.286. The predicted molar refractivity (Wildman–Crippen MR) is 79.8 cm³/mol. The van der Waals surface area contributed by atoms with Crippen LogP contribution in [0.2, 0.25) is 0 Å². The summed E-state index contributed by atoms with van der Waals surface area (Å²) in [7, 11) is 2.92. The molecule has 8 nitrogen and oxygen atoms in total. The van der Waals surface area contributed by atoms with Gasteiger partial charge in [-0.1, -0.05) is 23.2 Å². The molecule has 3 amide bonds. The summed E-state index contributed by atoms with van der Waals surface area (Å²) in [5.41, 5.74) is 2.80. The number of carbonyl (C=O) groups is 2. The number of aliphatic imine (C=N–C) groups is 1. The van der Waals surface area contributed by atoms with Crippen LogP contribution >= 0.6 is 0 Å². The van der Waals surface area contributed by atoms with Crippen molar-refractivity contribution in [2.24, 2.45) is 10.8 Å². The molecule has 2 aliphatic rings. The molecule has 1 aromatic carbocycles. The van der Waals surface area contributed by atoms with Crippen LogP contribution in [0.3, 0.4) is 0 Å². The number of fused-ring (bicyclic) bond motifs is 1. The van der Waals surface area contributed by atoms with Crippen molar-refractivity contribution in [3.05, 3.63) is 35.6 Å². The number of benzene rings is 1. The van der Waals surface area contributed by atoms with Gasteiger partial charge >= 0.3 is 12.0 Å². The number of amidine groups is 1. The maximum absolute atomic E-state index is 13.9. The van der Waals surface area contributed by atoms with Gasteiger partial charge < -0.3 is 0 Å². The van der Waals surface area contributed by atoms with Crippen LogP contribution in [-0.2, 0) is 11.3 Å². The van der Waals surface area contributed by atoms with Crippen molar-refractivity contribution in [2.75, 3.05) is 14.1 Å². The topological polar surface area (TPSA) is 94.0 Å². The number of nitrogens with two attached hydrogens (primary N) is 1. The van der Waals surface area contributed by atoms with Gasteiger partial charge in [-0.2, -0.15) is 5.84 Å². The summed E-state index contributed by atoms with van der Waals surface area (Å²) in [5.74, 6) is 5.12. The lowest BCUT2D eigenvalue weighted by Gasteiger charge is -2.31. The van der Waals surface area contributed by atoms with E-state index in [-0.39, 0.29) is 18.3 Å². The van der Waals surface area contributed by atoms with E-state index in [4.69, 9.17) is 5.84 Å². The molecule has 0 saturated carbocycles. The highest BCUT2D eigenvalue weighted by atomic mass is 19.1. The van der Waals surface area contributed by atoms with Gasteiger partial charge in [0, 0.05) is 19.7 Å². The third-order valence-electron chi connectivity index (χ3n) is 3.96. The van der Waals surface area contributed by atoms with Gasteiger partial charge in [0.15, 0.2) is 0 Å². The highest BCUT2D eigenvalue weighted by Crippen LogP contribution is 2.20. The Hall–Kier alpha value is -2.81. The highest BCUT2D eigenvalue weighted by molar-refractivity contribution is 6.22. The zero-order chi connectivity index (χ0) is 16.7. The summed E-state index contributed by atoms with van der Waals surface area (Å²) in [6, 6.07) is 4.95. The van der Waals surface area contributed by atoms with Gasteiger partial charge in [-0.25, -0.2) is 19.2 Å². The Kier molecular flexibility index (Phi) is 3.57. The molecule has 9 heteroatoms. The molecule has 0 aliphatic carbocycles. The second-order valence-electron chi connectivity index (χ2n) is 5.30. The van der Waals surface area contributed by atoms with E-state index in [2.05, 4.69) is 10.4 Å². The monoisotopic (exact) mass is 319 g/mol. The Bertz CT molecular complexity index is 759. The number of guanidine groups is 1. The number of likely N-dealkylation sites (N-methyl/N-ethyl adjacent to an activating group) is 2. The van der Waals surface area contributed by atoms with E-state index in [0.717, 1.165) is 4.90 Å². The fourth-order valence-electron chi connectivity index (χ4n) is 2.69. The Morgan fingerprint density at radius 2 is 2.00 bits per heavy atom. The highest BCUT2D eigenvalue weighted by Gasteiger charge is 2.51. The molecule has 1 unspecified atom stereocenters. The molecule has 3 rings (SSSR count). The summed E-state index contributed by atoms with van der Waals surface area (Å²) >= 11 is 0. The number of nitrogens with one attached hydrogen (secondary N) is 1. The minimum Gasteiger partial charge on any atom is -0.270 e. The molecule has 2 aliphatic heterocycles. The van der Waals surface area contributed by atoms with Crippen molar-refractivity contribution in [1.29, 1.82) is 0 Å². The third-order valence-corrected chi connectivity index (χ3v) is 3.96. The van der Waals surface area contributed by atoms with E-state index in [0.29, 0.717) is 5.56 Å². The molecule has 120 valence electrons. The molecule has 1 fully saturated rings. The number of amides is 3. The maximum atomic E-state index is 13.9. The fourth-order valence-corrected chi connectivity index (χ4v) is 2.69. The molecular weight excluding hydrogens is 303 g/mol.